The molecule has 0 fully saturated rings. The van der Waals surface area contributed by atoms with E-state index in [-0.39, 0.29) is 20.8 Å². The molecule has 0 bridgehead atoms. The maximum absolute atomic E-state index is 9.92. The van der Waals surface area contributed by atoms with E-state index in [0.29, 0.717) is 0 Å². The van der Waals surface area contributed by atoms with E-state index in [1.807, 2.05) is 0 Å². The number of amides is 1. The van der Waals surface area contributed by atoms with Crippen LogP contribution in [0.3, 0.4) is 0 Å². The Morgan fingerprint density at radius 1 is 1.08 bits per heavy atom. The first-order valence-corrected chi connectivity index (χ1v) is 4.45. The fourth-order valence-electron chi connectivity index (χ4n) is 0. The highest BCUT2D eigenvalue weighted by molar-refractivity contribution is 6.67. The van der Waals surface area contributed by atoms with Gasteiger partial charge in [0.05, 0.1) is 0 Å². The fraction of sp³-hybridized carbons (Fsp3) is 0.500. The van der Waals surface area contributed by atoms with Gasteiger partial charge in [0.15, 0.2) is 0 Å². The van der Waals surface area contributed by atoms with Gasteiger partial charge in [0, 0.05) is 5.92 Å². The second-order valence-electron chi connectivity index (χ2n) is 2.08. The predicted octanol–water partition coefficient (Wildman–Crippen LogP) is 3.20. The minimum absolute atomic E-state index is 0.00926. The van der Waals surface area contributed by atoms with Crippen LogP contribution in [0.2, 0.25) is 0 Å². The Balaban J connectivity index is 0. The lowest BCUT2D eigenvalue weighted by Crippen LogP contribution is -2.17. The Labute approximate surface area is 91.6 Å². The first-order valence-electron chi connectivity index (χ1n) is 2.94. The highest BCUT2D eigenvalue weighted by atomic mass is 35.5. The Bertz CT molecular complexity index is 160. The largest absolute Gasteiger partial charge is 0.369 e. The molecule has 0 saturated carbocycles. The molecule has 0 radical (unpaired) electrons. The molecular formula is C6H9Cl4NO. The molecule has 72 valence electrons. The van der Waals surface area contributed by atoms with E-state index >= 15 is 0 Å². The van der Waals surface area contributed by atoms with Gasteiger partial charge >= 0.3 is 0 Å². The van der Waals surface area contributed by atoms with Crippen molar-refractivity contribution in [1.29, 1.82) is 0 Å². The van der Waals surface area contributed by atoms with Crippen molar-refractivity contribution >= 4 is 52.3 Å². The van der Waals surface area contributed by atoms with Crippen molar-refractivity contribution in [3.05, 3.63) is 8.98 Å². The topological polar surface area (TPSA) is 43.1 Å². The van der Waals surface area contributed by atoms with Crippen LogP contribution in [0, 0.1) is 5.92 Å². The summed E-state index contributed by atoms with van der Waals surface area (Å²) in [5.41, 5.74) is 4.80. The third-order valence-electron chi connectivity index (χ3n) is 0.712. The summed E-state index contributed by atoms with van der Waals surface area (Å²) < 4.78 is -0.198. The van der Waals surface area contributed by atoms with Crippen LogP contribution in [0.5, 0.6) is 0 Å². The highest BCUT2D eigenvalue weighted by Gasteiger charge is 1.96. The molecule has 0 aromatic rings. The Hall–Kier alpha value is 0.370. The minimum Gasteiger partial charge on any atom is -0.369 e. The van der Waals surface area contributed by atoms with E-state index in [1.54, 1.807) is 13.8 Å². The van der Waals surface area contributed by atoms with Crippen LogP contribution in [0.25, 0.3) is 0 Å². The molecule has 0 heterocycles. The standard InChI is InChI=1S/C4H9NO.C2Cl4/c1-3(2)4(5)6;3-1(4)2(5)6/h3H,1-2H3,(H2,5,6);. The van der Waals surface area contributed by atoms with Crippen molar-refractivity contribution < 1.29 is 4.79 Å². The third kappa shape index (κ3) is 13.0. The van der Waals surface area contributed by atoms with Gasteiger partial charge in [-0.2, -0.15) is 0 Å². The first-order chi connectivity index (χ1) is 5.29. The number of primary amides is 1. The second kappa shape index (κ2) is 7.99. The number of hydrogen-bond donors (Lipinski definition) is 1. The Morgan fingerprint density at radius 2 is 1.25 bits per heavy atom. The highest BCUT2D eigenvalue weighted by Crippen LogP contribution is 2.20. The number of halogens is 4. The van der Waals surface area contributed by atoms with E-state index in [4.69, 9.17) is 52.1 Å². The third-order valence-corrected chi connectivity index (χ3v) is 1.85. The van der Waals surface area contributed by atoms with Crippen LogP contribution in [-0.4, -0.2) is 5.91 Å². The monoisotopic (exact) mass is 251 g/mol. The van der Waals surface area contributed by atoms with Crippen LogP contribution in [0.4, 0.5) is 0 Å². The van der Waals surface area contributed by atoms with Gasteiger partial charge in [-0.25, -0.2) is 0 Å². The molecule has 12 heavy (non-hydrogen) atoms. The van der Waals surface area contributed by atoms with Gasteiger partial charge in [0.2, 0.25) is 5.91 Å². The van der Waals surface area contributed by atoms with E-state index in [1.165, 1.54) is 0 Å². The molecule has 0 unspecified atom stereocenters. The molecule has 2 nitrogen and oxygen atoms in total. The zero-order valence-corrected chi connectivity index (χ0v) is 9.60. The molecule has 2 N–H and O–H groups in total. The molecule has 0 aliphatic heterocycles. The molecule has 0 spiro atoms. The fourth-order valence-corrected chi connectivity index (χ4v) is 0. The summed E-state index contributed by atoms with van der Waals surface area (Å²) in [4.78, 5) is 9.92. The summed E-state index contributed by atoms with van der Waals surface area (Å²) in [6, 6.07) is 0. The average molecular weight is 253 g/mol. The summed E-state index contributed by atoms with van der Waals surface area (Å²) in [5, 5.41) is 0. The zero-order valence-electron chi connectivity index (χ0n) is 6.57. The second-order valence-corrected chi connectivity index (χ2v) is 3.98. The van der Waals surface area contributed by atoms with Crippen molar-refractivity contribution in [2.45, 2.75) is 13.8 Å². The van der Waals surface area contributed by atoms with Crippen molar-refractivity contribution in [3.8, 4) is 0 Å². The van der Waals surface area contributed by atoms with Crippen LogP contribution in [-0.2, 0) is 4.79 Å². The molecule has 1 amide bonds. The molecule has 0 aliphatic rings. The number of hydrogen-bond acceptors (Lipinski definition) is 1. The molecular weight excluding hydrogens is 244 g/mol. The first kappa shape index (κ1) is 14.9. The summed E-state index contributed by atoms with van der Waals surface area (Å²) in [6.45, 7) is 3.53. The van der Waals surface area contributed by atoms with E-state index < -0.39 is 0 Å². The van der Waals surface area contributed by atoms with Gasteiger partial charge in [-0.15, -0.1) is 0 Å². The molecule has 0 saturated heterocycles. The van der Waals surface area contributed by atoms with Gasteiger partial charge in [0.25, 0.3) is 0 Å². The normalized spacial score (nSPS) is 8.58. The smallest absolute Gasteiger partial charge is 0.219 e. The van der Waals surface area contributed by atoms with Crippen molar-refractivity contribution in [2.24, 2.45) is 11.7 Å². The van der Waals surface area contributed by atoms with Crippen molar-refractivity contribution in [1.82, 2.24) is 0 Å². The van der Waals surface area contributed by atoms with Gasteiger partial charge in [-0.1, -0.05) is 60.3 Å². The van der Waals surface area contributed by atoms with Crippen molar-refractivity contribution in [2.75, 3.05) is 0 Å². The van der Waals surface area contributed by atoms with E-state index in [2.05, 4.69) is 0 Å². The molecule has 0 rings (SSSR count). The average Bonchev–Trinajstić information content (AvgIpc) is 1.88. The lowest BCUT2D eigenvalue weighted by Gasteiger charge is -1.90. The van der Waals surface area contributed by atoms with E-state index in [9.17, 15) is 4.79 Å². The van der Waals surface area contributed by atoms with Gasteiger partial charge in [0.1, 0.15) is 8.98 Å². The molecule has 0 aliphatic carbocycles. The lowest BCUT2D eigenvalue weighted by atomic mass is 10.2. The van der Waals surface area contributed by atoms with Gasteiger partial charge < -0.3 is 5.73 Å². The maximum Gasteiger partial charge on any atom is 0.219 e. The van der Waals surface area contributed by atoms with E-state index in [0.717, 1.165) is 0 Å². The summed E-state index contributed by atoms with van der Waals surface area (Å²) in [7, 11) is 0. The zero-order chi connectivity index (χ0) is 10.3. The molecule has 0 atom stereocenters. The number of rotatable bonds is 1. The summed E-state index contributed by atoms with van der Waals surface area (Å²) in [5.74, 6) is -0.250. The van der Waals surface area contributed by atoms with Crippen LogP contribution in [0.15, 0.2) is 8.98 Å². The maximum atomic E-state index is 9.92. The van der Waals surface area contributed by atoms with Crippen molar-refractivity contribution in [3.63, 3.8) is 0 Å². The molecule has 6 heteroatoms. The van der Waals surface area contributed by atoms with Crippen LogP contribution in [0.1, 0.15) is 13.8 Å². The van der Waals surface area contributed by atoms with Crippen LogP contribution >= 0.6 is 46.4 Å². The molecule has 0 aromatic carbocycles. The Morgan fingerprint density at radius 3 is 1.25 bits per heavy atom. The lowest BCUT2D eigenvalue weighted by molar-refractivity contribution is -0.120. The summed E-state index contributed by atoms with van der Waals surface area (Å²) in [6.07, 6.45) is 0. The van der Waals surface area contributed by atoms with Gasteiger partial charge in [-0.3, -0.25) is 4.79 Å². The van der Waals surface area contributed by atoms with Gasteiger partial charge in [-0.05, 0) is 0 Å². The minimum atomic E-state index is -0.241. The number of carbonyl (C=O) groups is 1. The quantitative estimate of drug-likeness (QED) is 0.765. The number of nitrogens with two attached hydrogens (primary N) is 1. The SMILES string of the molecule is CC(C)C(N)=O.ClC(Cl)=C(Cl)Cl. The summed E-state index contributed by atoms with van der Waals surface area (Å²) >= 11 is 20.0. The van der Waals surface area contributed by atoms with Crippen LogP contribution < -0.4 is 5.73 Å². The number of carbonyl (C=O) groups excluding carboxylic acids is 1. The molecule has 0 aromatic heterocycles. The Kier molecular flexibility index (Phi) is 9.90. The predicted molar refractivity (Wildman–Crippen MR) is 54.5 cm³/mol.